The second-order valence-electron chi connectivity index (χ2n) is 17.2. The van der Waals surface area contributed by atoms with E-state index in [0.29, 0.717) is 31.0 Å². The van der Waals surface area contributed by atoms with Crippen LogP contribution in [0.4, 0.5) is 0 Å². The fraction of sp³-hybridized carbons (Fsp3) is 0.723. The van der Waals surface area contributed by atoms with Crippen LogP contribution in [0.25, 0.3) is 0 Å². The van der Waals surface area contributed by atoms with Gasteiger partial charge in [0.25, 0.3) is 0 Å². The first-order valence-corrected chi connectivity index (χ1v) is 22.4. The van der Waals surface area contributed by atoms with E-state index in [1.165, 1.54) is 97.7 Å². The number of hydrogen-bond donors (Lipinski definition) is 0. The molecular weight excluding hydrogens is 715 g/mol. The first-order valence-electron chi connectivity index (χ1n) is 22.4. The maximum Gasteiger partial charge on any atom is 0.322 e. The van der Waals surface area contributed by atoms with Crippen LogP contribution in [-0.2, 0) is 23.9 Å². The van der Waals surface area contributed by atoms with Gasteiger partial charge in [-0.2, -0.15) is 0 Å². The standard InChI is InChI=1S/C47H75N5O5/c1-8-9-10-11-12-13-14-15-16-17-18-19-20-21-22-27-32-52-41(39-28-23-25-30-48-39)46(44(54)56-6)35-50(33-34-51(37(2)3)38(4)5)36-47(43(46)53,45(55)57-7)42(52)40-29-24-26-31-49-40/h23-26,28-31,37-38,41-42H,8-22,27,32-36H2,1-7H3. The number of Topliss-reactive ketones (excluding diaryl/α,β-unsaturated/α-hetero) is 1. The highest BCUT2D eigenvalue weighted by Crippen LogP contribution is 2.60. The number of unbranched alkanes of at least 4 members (excludes halogenated alkanes) is 15. The summed E-state index contributed by atoms with van der Waals surface area (Å²) >= 11 is 0. The molecular formula is C47H75N5O5. The highest BCUT2D eigenvalue weighted by atomic mass is 16.5. The monoisotopic (exact) mass is 790 g/mol. The summed E-state index contributed by atoms with van der Waals surface area (Å²) < 4.78 is 11.2. The van der Waals surface area contributed by atoms with Crippen LogP contribution >= 0.6 is 0 Å². The predicted molar refractivity (Wildman–Crippen MR) is 228 cm³/mol. The molecule has 2 aromatic rings. The molecule has 4 heterocycles. The van der Waals surface area contributed by atoms with Crippen LogP contribution in [0.2, 0.25) is 0 Å². The largest absolute Gasteiger partial charge is 0.468 e. The lowest BCUT2D eigenvalue weighted by Crippen LogP contribution is -2.76. The number of ether oxygens (including phenoxy) is 2. The first-order chi connectivity index (χ1) is 27.6. The molecule has 2 aliphatic heterocycles. The van der Waals surface area contributed by atoms with Crippen LogP contribution in [0.5, 0.6) is 0 Å². The Hall–Kier alpha value is -3.21. The smallest absolute Gasteiger partial charge is 0.322 e. The Morgan fingerprint density at radius 2 is 1.07 bits per heavy atom. The first kappa shape index (κ1) is 46.5. The topological polar surface area (TPSA) is 105 Å². The maximum absolute atomic E-state index is 15.6. The average Bonchev–Trinajstić information content (AvgIpc) is 3.21. The molecule has 2 fully saturated rings. The van der Waals surface area contributed by atoms with E-state index in [1.54, 1.807) is 12.4 Å². The van der Waals surface area contributed by atoms with Crippen LogP contribution in [0.3, 0.4) is 0 Å². The summed E-state index contributed by atoms with van der Waals surface area (Å²) in [7, 11) is 2.67. The van der Waals surface area contributed by atoms with E-state index in [2.05, 4.69) is 49.3 Å². The molecule has 318 valence electrons. The minimum atomic E-state index is -1.74. The van der Waals surface area contributed by atoms with Crippen molar-refractivity contribution in [2.24, 2.45) is 10.8 Å². The number of carbonyl (C=O) groups excluding carboxylic acids is 3. The highest BCUT2D eigenvalue weighted by molar-refractivity contribution is 6.17. The lowest BCUT2D eigenvalue weighted by molar-refractivity contribution is -0.206. The molecule has 4 rings (SSSR count). The van der Waals surface area contributed by atoms with Crippen molar-refractivity contribution in [1.82, 2.24) is 24.7 Å². The van der Waals surface area contributed by atoms with Gasteiger partial charge >= 0.3 is 11.9 Å². The molecule has 0 aliphatic carbocycles. The van der Waals surface area contributed by atoms with Crippen molar-refractivity contribution in [3.05, 3.63) is 60.2 Å². The van der Waals surface area contributed by atoms with Crippen LogP contribution in [0.1, 0.15) is 161 Å². The second-order valence-corrected chi connectivity index (χ2v) is 17.2. The van der Waals surface area contributed by atoms with Gasteiger partial charge in [-0.15, -0.1) is 0 Å². The molecule has 0 radical (unpaired) electrons. The van der Waals surface area contributed by atoms with E-state index in [0.717, 1.165) is 19.3 Å². The number of ketones is 1. The quantitative estimate of drug-likeness (QED) is 0.0521. The van der Waals surface area contributed by atoms with Crippen LogP contribution in [0, 0.1) is 10.8 Å². The molecule has 57 heavy (non-hydrogen) atoms. The number of likely N-dealkylation sites (tertiary alicyclic amines) is 2. The Bertz CT molecular complexity index is 1400. The van der Waals surface area contributed by atoms with Crippen LogP contribution < -0.4 is 0 Å². The van der Waals surface area contributed by atoms with Gasteiger partial charge < -0.3 is 9.47 Å². The Kier molecular flexibility index (Phi) is 19.1. The Morgan fingerprint density at radius 3 is 1.42 bits per heavy atom. The minimum Gasteiger partial charge on any atom is -0.468 e. The molecule has 2 saturated heterocycles. The van der Waals surface area contributed by atoms with E-state index >= 15 is 4.79 Å². The third-order valence-electron chi connectivity index (χ3n) is 12.7. The zero-order chi connectivity index (χ0) is 41.3. The van der Waals surface area contributed by atoms with Crippen molar-refractivity contribution in [1.29, 1.82) is 0 Å². The van der Waals surface area contributed by atoms with Gasteiger partial charge in [0.15, 0.2) is 16.6 Å². The molecule has 4 unspecified atom stereocenters. The number of esters is 2. The van der Waals surface area contributed by atoms with E-state index in [9.17, 15) is 9.59 Å². The zero-order valence-corrected chi connectivity index (χ0v) is 36.6. The predicted octanol–water partition coefficient (Wildman–Crippen LogP) is 9.16. The summed E-state index contributed by atoms with van der Waals surface area (Å²) in [5, 5.41) is 0. The summed E-state index contributed by atoms with van der Waals surface area (Å²) in [6.45, 7) is 13.0. The second kappa shape index (κ2) is 23.4. The summed E-state index contributed by atoms with van der Waals surface area (Å²) in [6, 6.07) is 10.2. The molecule has 4 atom stereocenters. The van der Waals surface area contributed by atoms with Gasteiger partial charge in [0.05, 0.1) is 37.7 Å². The zero-order valence-electron chi connectivity index (χ0n) is 36.6. The van der Waals surface area contributed by atoms with Gasteiger partial charge in [-0.05, 0) is 64.9 Å². The molecule has 0 saturated carbocycles. The van der Waals surface area contributed by atoms with E-state index in [1.807, 2.05) is 36.4 Å². The number of fused-ring (bicyclic) bond motifs is 2. The fourth-order valence-electron chi connectivity index (χ4n) is 9.89. The fourth-order valence-corrected chi connectivity index (χ4v) is 9.89. The lowest BCUT2D eigenvalue weighted by Gasteiger charge is -2.61. The van der Waals surface area contributed by atoms with Gasteiger partial charge in [0.1, 0.15) is 0 Å². The molecule has 0 amide bonds. The van der Waals surface area contributed by atoms with E-state index < -0.39 is 40.6 Å². The van der Waals surface area contributed by atoms with Crippen molar-refractivity contribution in [3.8, 4) is 0 Å². The number of aromatic nitrogens is 2. The van der Waals surface area contributed by atoms with Crippen molar-refractivity contribution in [3.63, 3.8) is 0 Å². The normalized spacial score (nSPS) is 22.7. The third kappa shape index (κ3) is 11.3. The SMILES string of the molecule is CCCCCCCCCCCCCCCCCCN1C(c2ccccn2)C2(C(=O)OC)CN(CCN(C(C)C)C(C)C)CC(C(=O)OC)(C2=O)C1c1ccccn1. The van der Waals surface area contributed by atoms with Crippen LogP contribution in [0.15, 0.2) is 48.8 Å². The van der Waals surface area contributed by atoms with Crippen molar-refractivity contribution in [2.75, 3.05) is 46.9 Å². The average molecular weight is 790 g/mol. The van der Waals surface area contributed by atoms with Crippen molar-refractivity contribution < 1.29 is 23.9 Å². The Balaban J connectivity index is 1.59. The number of rotatable bonds is 26. The molecule has 10 nitrogen and oxygen atoms in total. The number of methoxy groups -OCH3 is 2. The van der Waals surface area contributed by atoms with Crippen molar-refractivity contribution >= 4 is 17.7 Å². The molecule has 10 heteroatoms. The van der Waals surface area contributed by atoms with E-state index in [-0.39, 0.29) is 25.2 Å². The summed E-state index contributed by atoms with van der Waals surface area (Å²) in [5.74, 6) is -1.77. The number of carbonyl (C=O) groups is 3. The van der Waals surface area contributed by atoms with Gasteiger partial charge in [0, 0.05) is 50.7 Å². The molecule has 2 aliphatic rings. The lowest BCUT2D eigenvalue weighted by atomic mass is 9.54. The van der Waals surface area contributed by atoms with Crippen LogP contribution in [-0.4, -0.2) is 101 Å². The Morgan fingerprint density at radius 1 is 0.667 bits per heavy atom. The molecule has 2 bridgehead atoms. The number of hydrogen-bond acceptors (Lipinski definition) is 10. The number of piperidine rings is 2. The third-order valence-corrected chi connectivity index (χ3v) is 12.7. The molecule has 0 N–H and O–H groups in total. The maximum atomic E-state index is 15.6. The molecule has 0 spiro atoms. The van der Waals surface area contributed by atoms with E-state index in [4.69, 9.17) is 19.4 Å². The summed E-state index contributed by atoms with van der Waals surface area (Å²) in [6.07, 6.45) is 23.6. The highest BCUT2D eigenvalue weighted by Gasteiger charge is 2.75. The minimum absolute atomic E-state index is 0.104. The van der Waals surface area contributed by atoms with Gasteiger partial charge in [-0.3, -0.25) is 39.1 Å². The Labute approximate surface area is 344 Å². The number of nitrogens with zero attached hydrogens (tertiary/aromatic N) is 5. The summed E-state index contributed by atoms with van der Waals surface area (Å²) in [4.78, 5) is 61.0. The van der Waals surface area contributed by atoms with Gasteiger partial charge in [0.2, 0.25) is 0 Å². The number of pyridine rings is 2. The molecule has 0 aromatic carbocycles. The van der Waals surface area contributed by atoms with Gasteiger partial charge in [-0.25, -0.2) is 0 Å². The van der Waals surface area contributed by atoms with Crippen molar-refractivity contribution in [2.45, 2.75) is 162 Å². The molecule has 2 aromatic heterocycles. The van der Waals surface area contributed by atoms with Gasteiger partial charge in [-0.1, -0.05) is 115 Å². The summed E-state index contributed by atoms with van der Waals surface area (Å²) in [5.41, 5.74) is -2.29.